The van der Waals surface area contributed by atoms with Crippen molar-refractivity contribution in [1.29, 1.82) is 0 Å². The molecule has 21 heteroatoms. The highest BCUT2D eigenvalue weighted by molar-refractivity contribution is 5.88. The van der Waals surface area contributed by atoms with E-state index in [4.69, 9.17) is 56.5 Å². The number of carbonyl (C=O) groups is 7. The Hall–Kier alpha value is -6.58. The van der Waals surface area contributed by atoms with E-state index in [0.717, 1.165) is 53.9 Å². The number of hydrogen-bond donors (Lipinski definition) is 1. The molecule has 2 aliphatic heterocycles. The fourth-order valence-electron chi connectivity index (χ4n) is 6.86. The van der Waals surface area contributed by atoms with Crippen molar-refractivity contribution in [3.63, 3.8) is 0 Å². The summed E-state index contributed by atoms with van der Waals surface area (Å²) in [5.74, 6) is -6.28. The fraction of sp³-hybridized carbons (Fsp3) is 0.463. The third kappa shape index (κ3) is 11.4. The molecule has 0 aliphatic carbocycles. The molecule has 3 aromatic rings. The molecule has 5 rings (SSSR count). The van der Waals surface area contributed by atoms with Crippen molar-refractivity contribution in [1.82, 2.24) is 0 Å². The van der Waals surface area contributed by atoms with Crippen LogP contribution in [0.3, 0.4) is 0 Å². The number of aromatic hydroxyl groups is 1. The number of phenolic OH excluding ortho intramolecular Hbond substituents is 1. The molecule has 0 spiro atoms. The summed E-state index contributed by atoms with van der Waals surface area (Å²) in [4.78, 5) is 98.9. The second-order valence-corrected chi connectivity index (χ2v) is 14.1. The lowest BCUT2D eigenvalue weighted by atomic mass is 9.97. The van der Waals surface area contributed by atoms with E-state index in [1.165, 1.54) is 44.2 Å². The summed E-state index contributed by atoms with van der Waals surface area (Å²) in [6, 6.07) is 8.23. The third-order valence-electron chi connectivity index (χ3n) is 9.06. The number of esters is 7. The van der Waals surface area contributed by atoms with Crippen molar-refractivity contribution >= 4 is 52.8 Å². The van der Waals surface area contributed by atoms with Gasteiger partial charge in [-0.15, -0.1) is 0 Å². The molecule has 0 radical (unpaired) electrons. The Morgan fingerprint density at radius 3 is 1.65 bits per heavy atom. The van der Waals surface area contributed by atoms with Gasteiger partial charge < -0.3 is 61.6 Å². The molecule has 2 fully saturated rings. The first-order chi connectivity index (χ1) is 29.2. The standard InChI is InChI=1S/C41H44O21/c1-17-34(55-19(3)43)36(57-21(5)45)38(59-23(7)47)40(53-17)52-16-31-35(56-20(4)44)37(58-22(6)46)39(60-24(8)48)41(62-31)61-27-13-29(49)32-30(14-27)51-15-28(33(32)50)25-9-11-26(12-10-25)54-18(2)42/h9-15,17,31,34-41,49H,16H2,1-8H3/t17-,31+,34-,35+,36+,37-,38+,39+,40+,41+/m0/s1. The number of fused-ring (bicyclic) bond motifs is 1. The van der Waals surface area contributed by atoms with Crippen molar-refractivity contribution < 1.29 is 95.2 Å². The molecule has 334 valence electrons. The van der Waals surface area contributed by atoms with E-state index >= 15 is 0 Å². The Balaban J connectivity index is 1.51. The zero-order chi connectivity index (χ0) is 45.6. The highest BCUT2D eigenvalue weighted by Gasteiger charge is 2.55. The number of benzene rings is 2. The Kier molecular flexibility index (Phi) is 14.9. The SMILES string of the molecule is CC(=O)Oc1ccc(-c2coc3cc(O[C@@H]4O[C@H](CO[C@@H]5O[C@@H](C)[C@H](OC(C)=O)[C@@H](OC(C)=O)[C@H]5OC(C)=O)[C@@H](OC(C)=O)[C@H](OC(C)=O)[C@H]4OC(C)=O)cc(O)c3c2=O)cc1. The van der Waals surface area contributed by atoms with Crippen LogP contribution in [0, 0.1) is 0 Å². The van der Waals surface area contributed by atoms with Crippen LogP contribution in [0.2, 0.25) is 0 Å². The van der Waals surface area contributed by atoms with Gasteiger partial charge in [0.05, 0.1) is 18.3 Å². The Bertz CT molecular complexity index is 2250. The quantitative estimate of drug-likeness (QED) is 0.147. The molecule has 62 heavy (non-hydrogen) atoms. The summed E-state index contributed by atoms with van der Waals surface area (Å²) in [6.07, 6.45) is -13.8. The molecule has 21 nitrogen and oxygen atoms in total. The van der Waals surface area contributed by atoms with E-state index < -0.39 is 121 Å². The van der Waals surface area contributed by atoms with Gasteiger partial charge in [-0.3, -0.25) is 38.4 Å². The maximum absolute atomic E-state index is 13.6. The summed E-state index contributed by atoms with van der Waals surface area (Å²) < 4.78 is 67.9. The molecular weight excluding hydrogens is 828 g/mol. The van der Waals surface area contributed by atoms with Crippen LogP contribution in [0.25, 0.3) is 22.1 Å². The molecular formula is C41H44O21. The lowest BCUT2D eigenvalue weighted by Crippen LogP contribution is -2.64. The molecule has 10 atom stereocenters. The maximum atomic E-state index is 13.6. The molecule has 2 aromatic carbocycles. The zero-order valence-electron chi connectivity index (χ0n) is 34.6. The van der Waals surface area contributed by atoms with Gasteiger partial charge >= 0.3 is 41.8 Å². The summed E-state index contributed by atoms with van der Waals surface area (Å²) in [6.45, 7) is 8.43. The second-order valence-electron chi connectivity index (χ2n) is 14.1. The smallest absolute Gasteiger partial charge is 0.308 e. The van der Waals surface area contributed by atoms with Crippen LogP contribution in [0.5, 0.6) is 17.2 Å². The molecule has 3 heterocycles. The first-order valence-electron chi connectivity index (χ1n) is 18.9. The van der Waals surface area contributed by atoms with Crippen LogP contribution < -0.4 is 14.9 Å². The van der Waals surface area contributed by atoms with Crippen LogP contribution in [-0.2, 0) is 76.2 Å². The van der Waals surface area contributed by atoms with E-state index in [-0.39, 0.29) is 28.0 Å². The number of rotatable bonds is 13. The molecule has 0 unspecified atom stereocenters. The minimum absolute atomic E-state index is 0.0540. The number of ether oxygens (including phenoxy) is 11. The second kappa shape index (κ2) is 19.9. The fourth-order valence-corrected chi connectivity index (χ4v) is 6.86. The van der Waals surface area contributed by atoms with Crippen LogP contribution >= 0.6 is 0 Å². The first kappa shape index (κ1) is 46.5. The Labute approximate surface area is 352 Å². The predicted octanol–water partition coefficient (Wildman–Crippen LogP) is 2.55. The Morgan fingerprint density at radius 1 is 0.597 bits per heavy atom. The summed E-state index contributed by atoms with van der Waals surface area (Å²) in [5.41, 5.74) is -0.367. The number of carbonyl (C=O) groups excluding carboxylic acids is 7. The van der Waals surface area contributed by atoms with E-state index in [0.29, 0.717) is 5.56 Å². The van der Waals surface area contributed by atoms with Gasteiger partial charge in [0.25, 0.3) is 0 Å². The molecule has 0 amide bonds. The minimum Gasteiger partial charge on any atom is -0.507 e. The topological polar surface area (TPSA) is 271 Å². The summed E-state index contributed by atoms with van der Waals surface area (Å²) in [5, 5.41) is 10.9. The molecule has 0 saturated carbocycles. The lowest BCUT2D eigenvalue weighted by Gasteiger charge is -2.46. The van der Waals surface area contributed by atoms with Crippen LogP contribution in [0.1, 0.15) is 55.4 Å². The molecule has 1 N–H and O–H groups in total. The summed E-state index contributed by atoms with van der Waals surface area (Å²) in [7, 11) is 0. The maximum Gasteiger partial charge on any atom is 0.308 e. The monoisotopic (exact) mass is 872 g/mol. The Morgan fingerprint density at radius 2 is 1.10 bits per heavy atom. The van der Waals surface area contributed by atoms with Gasteiger partial charge in [-0.2, -0.15) is 0 Å². The molecule has 0 bridgehead atoms. The zero-order valence-corrected chi connectivity index (χ0v) is 34.6. The summed E-state index contributed by atoms with van der Waals surface area (Å²) >= 11 is 0. The van der Waals surface area contributed by atoms with Gasteiger partial charge in [0.15, 0.2) is 36.8 Å². The molecule has 2 saturated heterocycles. The highest BCUT2D eigenvalue weighted by atomic mass is 16.8. The molecule has 1 aromatic heterocycles. The normalized spacial score (nSPS) is 25.7. The first-order valence-corrected chi connectivity index (χ1v) is 18.9. The largest absolute Gasteiger partial charge is 0.507 e. The van der Waals surface area contributed by atoms with Crippen LogP contribution in [-0.4, -0.2) is 115 Å². The minimum atomic E-state index is -1.75. The number of hydrogen-bond acceptors (Lipinski definition) is 21. The van der Waals surface area contributed by atoms with Crippen molar-refractivity contribution in [2.45, 2.75) is 117 Å². The van der Waals surface area contributed by atoms with Crippen molar-refractivity contribution in [3.05, 3.63) is 52.9 Å². The predicted molar refractivity (Wildman–Crippen MR) is 204 cm³/mol. The third-order valence-corrected chi connectivity index (χ3v) is 9.06. The average Bonchev–Trinajstić information content (AvgIpc) is 3.15. The van der Waals surface area contributed by atoms with Crippen LogP contribution in [0.4, 0.5) is 0 Å². The van der Waals surface area contributed by atoms with E-state index in [1.54, 1.807) is 0 Å². The van der Waals surface area contributed by atoms with Gasteiger partial charge in [0, 0.05) is 60.6 Å². The molecule has 2 aliphatic rings. The lowest BCUT2D eigenvalue weighted by molar-refractivity contribution is -0.323. The highest BCUT2D eigenvalue weighted by Crippen LogP contribution is 2.36. The van der Waals surface area contributed by atoms with Crippen molar-refractivity contribution in [3.8, 4) is 28.4 Å². The van der Waals surface area contributed by atoms with Gasteiger partial charge in [-0.05, 0) is 24.6 Å². The van der Waals surface area contributed by atoms with Crippen LogP contribution in [0.15, 0.2) is 51.9 Å². The number of phenols is 1. The van der Waals surface area contributed by atoms with Gasteiger partial charge in [0.1, 0.15) is 40.6 Å². The average molecular weight is 873 g/mol. The van der Waals surface area contributed by atoms with E-state index in [1.807, 2.05) is 0 Å². The van der Waals surface area contributed by atoms with Gasteiger partial charge in [-0.25, -0.2) is 0 Å². The van der Waals surface area contributed by atoms with E-state index in [9.17, 15) is 43.5 Å². The van der Waals surface area contributed by atoms with Crippen molar-refractivity contribution in [2.24, 2.45) is 0 Å². The van der Waals surface area contributed by atoms with Gasteiger partial charge in [0.2, 0.25) is 17.8 Å². The van der Waals surface area contributed by atoms with Crippen molar-refractivity contribution in [2.75, 3.05) is 6.61 Å². The van der Waals surface area contributed by atoms with Gasteiger partial charge in [-0.1, -0.05) is 12.1 Å². The van der Waals surface area contributed by atoms with E-state index in [2.05, 4.69) is 0 Å².